The molecule has 0 atom stereocenters. The van der Waals surface area contributed by atoms with Gasteiger partial charge >= 0.3 is 5.97 Å². The van der Waals surface area contributed by atoms with Crippen LogP contribution >= 0.6 is 11.8 Å². The van der Waals surface area contributed by atoms with E-state index < -0.39 is 12.6 Å². The van der Waals surface area contributed by atoms with Gasteiger partial charge in [0.1, 0.15) is 0 Å². The van der Waals surface area contributed by atoms with Gasteiger partial charge < -0.3 is 14.6 Å². The molecular weight excluding hydrogens is 392 g/mol. The SMILES string of the molecule is COc1cc(/C=C2/SC(=Nc3ccccc3C)N(C)C2=O)ccc1OCC(=O)O. The number of aliphatic carboxylic acids is 1. The highest BCUT2D eigenvalue weighted by atomic mass is 32.2. The lowest BCUT2D eigenvalue weighted by molar-refractivity contribution is -0.139. The average Bonchev–Trinajstić information content (AvgIpc) is 2.96. The van der Waals surface area contributed by atoms with Gasteiger partial charge in [-0.05, 0) is 54.1 Å². The van der Waals surface area contributed by atoms with E-state index in [1.165, 1.54) is 23.8 Å². The zero-order valence-corrected chi connectivity index (χ0v) is 17.0. The molecule has 3 rings (SSSR count). The zero-order valence-electron chi connectivity index (χ0n) is 16.2. The predicted molar refractivity (Wildman–Crippen MR) is 113 cm³/mol. The van der Waals surface area contributed by atoms with Crippen molar-refractivity contribution < 1.29 is 24.2 Å². The number of hydrogen-bond donors (Lipinski definition) is 1. The molecule has 0 radical (unpaired) electrons. The molecule has 29 heavy (non-hydrogen) atoms. The molecule has 0 saturated carbocycles. The van der Waals surface area contributed by atoms with E-state index in [-0.39, 0.29) is 5.91 Å². The van der Waals surface area contributed by atoms with E-state index in [4.69, 9.17) is 14.6 Å². The summed E-state index contributed by atoms with van der Waals surface area (Å²) < 4.78 is 10.5. The highest BCUT2D eigenvalue weighted by Gasteiger charge is 2.30. The summed E-state index contributed by atoms with van der Waals surface area (Å²) in [4.78, 5) is 30.0. The second kappa shape index (κ2) is 8.83. The van der Waals surface area contributed by atoms with Gasteiger partial charge in [-0.25, -0.2) is 9.79 Å². The van der Waals surface area contributed by atoms with Gasteiger partial charge in [-0.3, -0.25) is 9.69 Å². The van der Waals surface area contributed by atoms with Gasteiger partial charge in [0.15, 0.2) is 23.3 Å². The van der Waals surface area contributed by atoms with E-state index in [2.05, 4.69) is 4.99 Å². The molecule has 1 aliphatic heterocycles. The van der Waals surface area contributed by atoms with Crippen LogP contribution in [-0.2, 0) is 9.59 Å². The summed E-state index contributed by atoms with van der Waals surface area (Å²) >= 11 is 1.29. The molecule has 1 amide bonds. The number of carboxylic acids is 1. The van der Waals surface area contributed by atoms with E-state index in [1.54, 1.807) is 31.3 Å². The lowest BCUT2D eigenvalue weighted by Crippen LogP contribution is -2.23. The number of rotatable bonds is 6. The maximum absolute atomic E-state index is 12.6. The standard InChI is InChI=1S/C21H20N2O5S/c1-13-6-4-5-7-15(13)22-21-23(2)20(26)18(29-21)11-14-8-9-16(17(10-14)27-3)28-12-19(24)25/h4-11H,12H2,1-3H3,(H,24,25)/b18-11+,22-21?. The fraction of sp³-hybridized carbons (Fsp3) is 0.190. The number of amidine groups is 1. The van der Waals surface area contributed by atoms with Crippen molar-refractivity contribution in [2.24, 2.45) is 4.99 Å². The highest BCUT2D eigenvalue weighted by Crippen LogP contribution is 2.35. The summed E-state index contributed by atoms with van der Waals surface area (Å²) in [5.41, 5.74) is 2.57. The van der Waals surface area contributed by atoms with E-state index in [0.717, 1.165) is 16.8 Å². The first kappa shape index (κ1) is 20.5. The van der Waals surface area contributed by atoms with Gasteiger partial charge in [-0.2, -0.15) is 0 Å². The molecule has 0 aromatic heterocycles. The minimum absolute atomic E-state index is 0.146. The topological polar surface area (TPSA) is 88.4 Å². The minimum Gasteiger partial charge on any atom is -0.493 e. The van der Waals surface area contributed by atoms with Crippen LogP contribution in [0.5, 0.6) is 11.5 Å². The predicted octanol–water partition coefficient (Wildman–Crippen LogP) is 3.70. The third-order valence-corrected chi connectivity index (χ3v) is 5.23. The number of hydrogen-bond acceptors (Lipinski definition) is 6. The first-order valence-electron chi connectivity index (χ1n) is 8.73. The molecule has 7 nitrogen and oxygen atoms in total. The third kappa shape index (κ3) is 4.78. The van der Waals surface area contributed by atoms with Crippen molar-refractivity contribution in [3.8, 4) is 11.5 Å². The number of thioether (sulfide) groups is 1. The van der Waals surface area contributed by atoms with Crippen molar-refractivity contribution in [3.63, 3.8) is 0 Å². The van der Waals surface area contributed by atoms with E-state index in [9.17, 15) is 9.59 Å². The Morgan fingerprint density at radius 1 is 1.24 bits per heavy atom. The number of para-hydroxylation sites is 1. The molecule has 2 aromatic carbocycles. The largest absolute Gasteiger partial charge is 0.493 e. The van der Waals surface area contributed by atoms with Gasteiger partial charge in [0.2, 0.25) is 0 Å². The molecule has 1 fully saturated rings. The van der Waals surface area contributed by atoms with Crippen molar-refractivity contribution in [1.29, 1.82) is 0 Å². The molecule has 1 saturated heterocycles. The van der Waals surface area contributed by atoms with Crippen LogP contribution in [0.4, 0.5) is 5.69 Å². The van der Waals surface area contributed by atoms with E-state index in [1.807, 2.05) is 31.2 Å². The molecular formula is C21H20N2O5S. The van der Waals surface area contributed by atoms with Crippen molar-refractivity contribution in [2.45, 2.75) is 6.92 Å². The Kier molecular flexibility index (Phi) is 6.23. The first-order chi connectivity index (χ1) is 13.9. The number of aryl methyl sites for hydroxylation is 1. The second-order valence-corrected chi connectivity index (χ2v) is 7.26. The van der Waals surface area contributed by atoms with Gasteiger partial charge in [0.25, 0.3) is 5.91 Å². The first-order valence-corrected chi connectivity index (χ1v) is 9.55. The van der Waals surface area contributed by atoms with Crippen molar-refractivity contribution in [3.05, 3.63) is 58.5 Å². The van der Waals surface area contributed by atoms with Crippen LogP contribution in [0.2, 0.25) is 0 Å². The van der Waals surface area contributed by atoms with Crippen LogP contribution in [0.3, 0.4) is 0 Å². The summed E-state index contributed by atoms with van der Waals surface area (Å²) in [7, 11) is 3.16. The molecule has 0 unspecified atom stereocenters. The number of carbonyl (C=O) groups is 2. The van der Waals surface area contributed by atoms with Crippen LogP contribution < -0.4 is 9.47 Å². The normalized spacial score (nSPS) is 16.5. The fourth-order valence-electron chi connectivity index (χ4n) is 2.63. The Morgan fingerprint density at radius 3 is 2.69 bits per heavy atom. The minimum atomic E-state index is -1.07. The van der Waals surface area contributed by atoms with Crippen LogP contribution in [0, 0.1) is 6.92 Å². The quantitative estimate of drug-likeness (QED) is 0.728. The van der Waals surface area contributed by atoms with Gasteiger partial charge in [-0.1, -0.05) is 24.3 Å². The van der Waals surface area contributed by atoms with E-state index >= 15 is 0 Å². The van der Waals surface area contributed by atoms with Gasteiger partial charge in [0.05, 0.1) is 17.7 Å². The van der Waals surface area contributed by atoms with Gasteiger partial charge in [-0.15, -0.1) is 0 Å². The molecule has 8 heteroatoms. The van der Waals surface area contributed by atoms with Crippen molar-refractivity contribution in [2.75, 3.05) is 20.8 Å². The lowest BCUT2D eigenvalue weighted by Gasteiger charge is -2.10. The number of carboxylic acid groups (broad SMARTS) is 1. The summed E-state index contributed by atoms with van der Waals surface area (Å²) in [5, 5.41) is 9.35. The average molecular weight is 412 g/mol. The molecule has 1 heterocycles. The van der Waals surface area contributed by atoms with Crippen LogP contribution in [-0.4, -0.2) is 47.8 Å². The van der Waals surface area contributed by atoms with Crippen LogP contribution in [0.15, 0.2) is 52.4 Å². The number of methoxy groups -OCH3 is 1. The summed E-state index contributed by atoms with van der Waals surface area (Å²) in [6.07, 6.45) is 1.74. The Morgan fingerprint density at radius 2 is 2.00 bits per heavy atom. The number of nitrogens with zero attached hydrogens (tertiary/aromatic N) is 2. The Labute approximate surface area is 172 Å². The van der Waals surface area contributed by atoms with Crippen LogP contribution in [0.1, 0.15) is 11.1 Å². The number of likely N-dealkylation sites (N-methyl/N-ethyl adjacent to an activating group) is 1. The highest BCUT2D eigenvalue weighted by molar-refractivity contribution is 8.18. The molecule has 0 aliphatic carbocycles. The number of aliphatic imine (C=N–C) groups is 1. The smallest absolute Gasteiger partial charge is 0.341 e. The Hall–Kier alpha value is -3.26. The molecule has 2 aromatic rings. The molecule has 150 valence electrons. The lowest BCUT2D eigenvalue weighted by atomic mass is 10.2. The number of benzene rings is 2. The van der Waals surface area contributed by atoms with Crippen LogP contribution in [0.25, 0.3) is 6.08 Å². The number of ether oxygens (including phenoxy) is 2. The van der Waals surface area contributed by atoms with Crippen molar-refractivity contribution in [1.82, 2.24) is 4.90 Å². The Bertz CT molecular complexity index is 1020. The molecule has 1 aliphatic rings. The van der Waals surface area contributed by atoms with E-state index in [0.29, 0.717) is 21.6 Å². The summed E-state index contributed by atoms with van der Waals surface area (Å²) in [5.74, 6) is -0.512. The van der Waals surface area contributed by atoms with Gasteiger partial charge in [0, 0.05) is 7.05 Å². The summed E-state index contributed by atoms with van der Waals surface area (Å²) in [6, 6.07) is 12.8. The number of amides is 1. The molecule has 0 bridgehead atoms. The Balaban J connectivity index is 1.86. The molecule has 0 spiro atoms. The fourth-order valence-corrected chi connectivity index (χ4v) is 3.61. The monoisotopic (exact) mass is 412 g/mol. The molecule has 1 N–H and O–H groups in total. The van der Waals surface area contributed by atoms with Crippen molar-refractivity contribution >= 4 is 40.6 Å². The second-order valence-electron chi connectivity index (χ2n) is 6.25. The third-order valence-electron chi connectivity index (χ3n) is 4.17. The summed E-state index contributed by atoms with van der Waals surface area (Å²) in [6.45, 7) is 1.51. The maximum atomic E-state index is 12.6. The zero-order chi connectivity index (χ0) is 21.0. The number of carbonyl (C=O) groups excluding carboxylic acids is 1. The maximum Gasteiger partial charge on any atom is 0.341 e.